The summed E-state index contributed by atoms with van der Waals surface area (Å²) in [5.41, 5.74) is -0.515. The molecule has 1 aliphatic carbocycles. The van der Waals surface area contributed by atoms with Crippen molar-refractivity contribution in [3.63, 3.8) is 0 Å². The molecular formula is C12H10F4N2S. The molecule has 0 aliphatic heterocycles. The minimum Gasteiger partial charge on any atom is -0.327 e. The first-order chi connectivity index (χ1) is 8.86. The van der Waals surface area contributed by atoms with Gasteiger partial charge in [0.15, 0.2) is 0 Å². The van der Waals surface area contributed by atoms with Crippen LogP contribution in [0.4, 0.5) is 17.6 Å². The fraction of sp³-hybridized carbons (Fsp3) is 0.417. The van der Waals surface area contributed by atoms with E-state index in [9.17, 15) is 17.6 Å². The molecule has 1 aromatic carbocycles. The van der Waals surface area contributed by atoms with Crippen molar-refractivity contribution in [2.75, 3.05) is 0 Å². The molecule has 3 rings (SSSR count). The smallest absolute Gasteiger partial charge is 0.327 e. The van der Waals surface area contributed by atoms with Crippen LogP contribution in [0.1, 0.15) is 24.4 Å². The summed E-state index contributed by atoms with van der Waals surface area (Å²) in [6, 6.07) is 2.22. The number of rotatable bonds is 1. The minimum atomic E-state index is -4.48. The van der Waals surface area contributed by atoms with Gasteiger partial charge in [0.2, 0.25) is 0 Å². The number of halogens is 4. The zero-order valence-corrected chi connectivity index (χ0v) is 10.5. The van der Waals surface area contributed by atoms with Gasteiger partial charge in [0.25, 0.3) is 0 Å². The highest BCUT2D eigenvalue weighted by atomic mass is 32.1. The molecule has 1 aliphatic rings. The van der Waals surface area contributed by atoms with E-state index >= 15 is 0 Å². The average Bonchev–Trinajstić information content (AvgIpc) is 2.65. The topological polar surface area (TPSA) is 17.8 Å². The Morgan fingerprint density at radius 3 is 2.53 bits per heavy atom. The molecule has 1 heterocycles. The van der Waals surface area contributed by atoms with E-state index in [2.05, 4.69) is 17.6 Å². The fourth-order valence-corrected chi connectivity index (χ4v) is 2.65. The number of nitrogens with zero attached hydrogens (tertiary/aromatic N) is 2. The van der Waals surface area contributed by atoms with E-state index in [0.717, 1.165) is 6.07 Å². The Kier molecular flexibility index (Phi) is 2.78. The van der Waals surface area contributed by atoms with Crippen molar-refractivity contribution in [1.29, 1.82) is 0 Å². The third kappa shape index (κ3) is 2.09. The summed E-state index contributed by atoms with van der Waals surface area (Å²) in [4.78, 5) is 4.18. The summed E-state index contributed by atoms with van der Waals surface area (Å²) < 4.78 is 53.5. The van der Waals surface area contributed by atoms with Crippen molar-refractivity contribution >= 4 is 23.7 Å². The molecule has 0 N–H and O–H groups in total. The first kappa shape index (κ1) is 12.8. The van der Waals surface area contributed by atoms with Gasteiger partial charge in [0, 0.05) is 10.9 Å². The normalized spacial score (nSPS) is 23.6. The van der Waals surface area contributed by atoms with E-state index in [1.807, 2.05) is 0 Å². The Morgan fingerprint density at radius 2 is 1.95 bits per heavy atom. The Balaban J connectivity index is 2.20. The van der Waals surface area contributed by atoms with Crippen LogP contribution >= 0.6 is 12.6 Å². The Hall–Kier alpha value is -1.24. The molecule has 102 valence electrons. The molecule has 1 fully saturated rings. The van der Waals surface area contributed by atoms with E-state index in [4.69, 9.17) is 0 Å². The van der Waals surface area contributed by atoms with Crippen LogP contribution in [0, 0.1) is 0 Å². The maximum Gasteiger partial charge on any atom is 0.418 e. The van der Waals surface area contributed by atoms with Crippen molar-refractivity contribution in [2.24, 2.45) is 0 Å². The Bertz CT molecular complexity index is 628. The zero-order valence-electron chi connectivity index (χ0n) is 9.65. The van der Waals surface area contributed by atoms with Crippen LogP contribution in [-0.2, 0) is 6.18 Å². The van der Waals surface area contributed by atoms with Gasteiger partial charge in [-0.25, -0.2) is 9.37 Å². The highest BCUT2D eigenvalue weighted by Crippen LogP contribution is 2.41. The monoisotopic (exact) mass is 290 g/mol. The van der Waals surface area contributed by atoms with Crippen molar-refractivity contribution in [2.45, 2.75) is 36.1 Å². The molecular weight excluding hydrogens is 280 g/mol. The number of fused-ring (bicyclic) bond motifs is 1. The predicted octanol–water partition coefficient (Wildman–Crippen LogP) is 4.02. The van der Waals surface area contributed by atoms with Crippen molar-refractivity contribution in [3.8, 4) is 0 Å². The number of thiol groups is 1. The number of aromatic nitrogens is 2. The lowest BCUT2D eigenvalue weighted by atomic mass is 9.90. The summed E-state index contributed by atoms with van der Waals surface area (Å²) in [7, 11) is 0. The lowest BCUT2D eigenvalue weighted by Crippen LogP contribution is -2.27. The van der Waals surface area contributed by atoms with E-state index in [1.54, 1.807) is 0 Å². The lowest BCUT2D eigenvalue weighted by Gasteiger charge is -2.31. The Morgan fingerprint density at radius 1 is 1.26 bits per heavy atom. The largest absolute Gasteiger partial charge is 0.418 e. The van der Waals surface area contributed by atoms with Crippen molar-refractivity contribution < 1.29 is 17.6 Å². The number of hydrogen-bond donors (Lipinski definition) is 1. The molecule has 19 heavy (non-hydrogen) atoms. The minimum absolute atomic E-state index is 0.0159. The van der Waals surface area contributed by atoms with Gasteiger partial charge in [-0.1, -0.05) is 0 Å². The second-order valence-electron chi connectivity index (χ2n) is 4.73. The molecule has 1 saturated carbocycles. The maximum absolute atomic E-state index is 13.1. The van der Waals surface area contributed by atoms with Gasteiger partial charge in [-0.3, -0.25) is 0 Å². The van der Waals surface area contributed by atoms with Gasteiger partial charge in [-0.15, -0.1) is 12.6 Å². The number of alkyl halides is 4. The van der Waals surface area contributed by atoms with Crippen LogP contribution in [-0.4, -0.2) is 15.7 Å². The van der Waals surface area contributed by atoms with Crippen LogP contribution < -0.4 is 0 Å². The summed E-state index contributed by atoms with van der Waals surface area (Å²) >= 11 is 3.96. The van der Waals surface area contributed by atoms with Crippen LogP contribution in [0.15, 0.2) is 23.4 Å². The van der Waals surface area contributed by atoms with Gasteiger partial charge >= 0.3 is 6.18 Å². The highest BCUT2D eigenvalue weighted by Gasteiger charge is 2.37. The van der Waals surface area contributed by atoms with E-state index < -0.39 is 17.9 Å². The fourth-order valence-electron chi connectivity index (χ4n) is 2.40. The third-order valence-electron chi connectivity index (χ3n) is 3.41. The summed E-state index contributed by atoms with van der Waals surface area (Å²) in [6.45, 7) is 0. The second kappa shape index (κ2) is 4.13. The SMILES string of the molecule is FC1CC(n2cnc3cc(S)cc(C(F)(F)F)c32)C1. The molecule has 1 aromatic heterocycles. The average molecular weight is 290 g/mol. The van der Waals surface area contributed by atoms with Gasteiger partial charge in [-0.2, -0.15) is 13.2 Å². The number of imidazole rings is 1. The molecule has 0 atom stereocenters. The van der Waals surface area contributed by atoms with E-state index in [0.29, 0.717) is 0 Å². The number of hydrogen-bond acceptors (Lipinski definition) is 2. The first-order valence-electron chi connectivity index (χ1n) is 5.77. The van der Waals surface area contributed by atoms with Crippen LogP contribution in [0.2, 0.25) is 0 Å². The first-order valence-corrected chi connectivity index (χ1v) is 6.22. The zero-order chi connectivity index (χ0) is 13.8. The van der Waals surface area contributed by atoms with Crippen LogP contribution in [0.3, 0.4) is 0 Å². The predicted molar refractivity (Wildman–Crippen MR) is 65.2 cm³/mol. The molecule has 2 nitrogen and oxygen atoms in total. The van der Waals surface area contributed by atoms with Gasteiger partial charge in [-0.05, 0) is 25.0 Å². The molecule has 7 heteroatoms. The summed E-state index contributed by atoms with van der Waals surface area (Å²) in [5.74, 6) is 0. The third-order valence-corrected chi connectivity index (χ3v) is 3.67. The molecule has 0 unspecified atom stereocenters. The van der Waals surface area contributed by atoms with Gasteiger partial charge in [0.05, 0.1) is 22.9 Å². The summed E-state index contributed by atoms with van der Waals surface area (Å²) in [5, 5.41) is 0. The highest BCUT2D eigenvalue weighted by molar-refractivity contribution is 7.80. The van der Waals surface area contributed by atoms with Crippen LogP contribution in [0.5, 0.6) is 0 Å². The summed E-state index contributed by atoms with van der Waals surface area (Å²) in [6.07, 6.45) is -3.57. The molecule has 0 bridgehead atoms. The standard InChI is InChI=1S/C12H10F4N2S/c13-6-1-7(2-6)18-5-17-10-4-8(19)3-9(11(10)18)12(14,15)16/h3-7,19H,1-2H2. The van der Waals surface area contributed by atoms with Gasteiger partial charge < -0.3 is 4.57 Å². The molecule has 0 saturated heterocycles. The molecule has 2 aromatic rings. The van der Waals surface area contributed by atoms with Crippen molar-refractivity contribution in [1.82, 2.24) is 9.55 Å². The molecule has 0 amide bonds. The Labute approximate surface area is 111 Å². The lowest BCUT2D eigenvalue weighted by molar-refractivity contribution is -0.136. The quantitative estimate of drug-likeness (QED) is 0.620. The number of benzene rings is 1. The second-order valence-corrected chi connectivity index (χ2v) is 5.25. The molecule has 0 radical (unpaired) electrons. The van der Waals surface area contributed by atoms with Gasteiger partial charge in [0.1, 0.15) is 6.17 Å². The maximum atomic E-state index is 13.1. The van der Waals surface area contributed by atoms with E-state index in [1.165, 1.54) is 17.0 Å². The molecule has 0 spiro atoms. The van der Waals surface area contributed by atoms with Crippen molar-refractivity contribution in [3.05, 3.63) is 24.0 Å². The van der Waals surface area contributed by atoms with E-state index in [-0.39, 0.29) is 34.8 Å². The van der Waals surface area contributed by atoms with Crippen LogP contribution in [0.25, 0.3) is 11.0 Å².